The van der Waals surface area contributed by atoms with Gasteiger partial charge < -0.3 is 4.90 Å². The third-order valence-electron chi connectivity index (χ3n) is 3.79. The molecule has 1 aliphatic heterocycles. The highest BCUT2D eigenvalue weighted by Gasteiger charge is 2.18. The van der Waals surface area contributed by atoms with Crippen LogP contribution in [0, 0.1) is 0 Å². The second-order valence-electron chi connectivity index (χ2n) is 5.29. The number of fused-ring (bicyclic) bond motifs is 1. The molecule has 116 valence electrons. The predicted molar refractivity (Wildman–Crippen MR) is 89.1 cm³/mol. The van der Waals surface area contributed by atoms with E-state index in [4.69, 9.17) is 0 Å². The van der Waals surface area contributed by atoms with Gasteiger partial charge in [0.25, 0.3) is 0 Å². The smallest absolute Gasteiger partial charge is 0.232 e. The number of para-hydroxylation sites is 1. The van der Waals surface area contributed by atoms with E-state index in [9.17, 15) is 8.42 Å². The summed E-state index contributed by atoms with van der Waals surface area (Å²) in [5.74, 6) is 0.889. The zero-order valence-electron chi connectivity index (χ0n) is 12.5. The minimum Gasteiger partial charge on any atom is -0.326 e. The SMILES string of the molecule is CCS(=O)(=O)Nc1ccc(N2CCCc3ccccc32)nc1. The number of hydrogen-bond donors (Lipinski definition) is 1. The molecule has 0 aliphatic carbocycles. The lowest BCUT2D eigenvalue weighted by Gasteiger charge is -2.30. The Morgan fingerprint density at radius 2 is 2.05 bits per heavy atom. The molecule has 0 unspecified atom stereocenters. The van der Waals surface area contributed by atoms with Crippen molar-refractivity contribution in [1.82, 2.24) is 4.98 Å². The number of aryl methyl sites for hydroxylation is 1. The molecule has 0 atom stereocenters. The molecule has 0 saturated heterocycles. The molecule has 22 heavy (non-hydrogen) atoms. The summed E-state index contributed by atoms with van der Waals surface area (Å²) in [6, 6.07) is 11.9. The zero-order chi connectivity index (χ0) is 15.6. The van der Waals surface area contributed by atoms with Gasteiger partial charge in [0.05, 0.1) is 17.6 Å². The van der Waals surface area contributed by atoms with Gasteiger partial charge in [-0.1, -0.05) is 18.2 Å². The van der Waals surface area contributed by atoms with Crippen molar-refractivity contribution < 1.29 is 8.42 Å². The van der Waals surface area contributed by atoms with Gasteiger partial charge in [-0.3, -0.25) is 4.72 Å². The van der Waals surface area contributed by atoms with Crippen molar-refractivity contribution in [3.63, 3.8) is 0 Å². The number of rotatable bonds is 4. The predicted octanol–water partition coefficient (Wildman–Crippen LogP) is 2.93. The first-order valence-electron chi connectivity index (χ1n) is 7.41. The highest BCUT2D eigenvalue weighted by Crippen LogP contribution is 2.32. The topological polar surface area (TPSA) is 62.3 Å². The van der Waals surface area contributed by atoms with Crippen LogP contribution in [0.15, 0.2) is 42.6 Å². The molecule has 1 aromatic carbocycles. The maximum Gasteiger partial charge on any atom is 0.232 e. The van der Waals surface area contributed by atoms with Gasteiger partial charge in [-0.2, -0.15) is 0 Å². The van der Waals surface area contributed by atoms with Crippen molar-refractivity contribution in [2.24, 2.45) is 0 Å². The van der Waals surface area contributed by atoms with Crippen LogP contribution >= 0.6 is 0 Å². The van der Waals surface area contributed by atoms with Crippen LogP contribution in [0.4, 0.5) is 17.2 Å². The van der Waals surface area contributed by atoms with Crippen LogP contribution in [-0.2, 0) is 16.4 Å². The standard InChI is InChI=1S/C16H19N3O2S/c1-2-22(20,21)18-14-9-10-16(17-12-14)19-11-5-7-13-6-3-4-8-15(13)19/h3-4,6,8-10,12,18H,2,5,7,11H2,1H3. The molecule has 0 radical (unpaired) electrons. The van der Waals surface area contributed by atoms with Crippen molar-refractivity contribution in [2.45, 2.75) is 19.8 Å². The minimum absolute atomic E-state index is 0.0499. The molecule has 2 heterocycles. The Kier molecular flexibility index (Phi) is 4.02. The van der Waals surface area contributed by atoms with Crippen molar-refractivity contribution in [3.05, 3.63) is 48.2 Å². The number of benzene rings is 1. The van der Waals surface area contributed by atoms with Crippen molar-refractivity contribution >= 4 is 27.2 Å². The Morgan fingerprint density at radius 3 is 2.77 bits per heavy atom. The van der Waals surface area contributed by atoms with E-state index in [1.165, 1.54) is 11.3 Å². The molecular formula is C16H19N3O2S. The fraction of sp³-hybridized carbons (Fsp3) is 0.312. The second-order valence-corrected chi connectivity index (χ2v) is 7.31. The number of anilines is 3. The number of pyridine rings is 1. The number of aromatic nitrogens is 1. The number of hydrogen-bond acceptors (Lipinski definition) is 4. The van der Waals surface area contributed by atoms with Gasteiger partial charge >= 0.3 is 0 Å². The monoisotopic (exact) mass is 317 g/mol. The van der Waals surface area contributed by atoms with Gasteiger partial charge in [0.2, 0.25) is 10.0 Å². The van der Waals surface area contributed by atoms with Gasteiger partial charge in [-0.15, -0.1) is 0 Å². The van der Waals surface area contributed by atoms with Gasteiger partial charge in [-0.05, 0) is 43.5 Å². The largest absolute Gasteiger partial charge is 0.326 e. The molecule has 0 spiro atoms. The highest BCUT2D eigenvalue weighted by atomic mass is 32.2. The van der Waals surface area contributed by atoms with Crippen LogP contribution in [0.5, 0.6) is 0 Å². The van der Waals surface area contributed by atoms with Crippen LogP contribution in [0.2, 0.25) is 0 Å². The minimum atomic E-state index is -3.26. The zero-order valence-corrected chi connectivity index (χ0v) is 13.3. The quantitative estimate of drug-likeness (QED) is 0.942. The summed E-state index contributed by atoms with van der Waals surface area (Å²) in [5, 5.41) is 0. The lowest BCUT2D eigenvalue weighted by Crippen LogP contribution is -2.25. The Labute approximate surface area is 131 Å². The van der Waals surface area contributed by atoms with E-state index in [2.05, 4.69) is 32.8 Å². The Morgan fingerprint density at radius 1 is 1.23 bits per heavy atom. The molecule has 1 aromatic heterocycles. The normalized spacial score (nSPS) is 14.5. The van der Waals surface area contributed by atoms with Crippen LogP contribution in [-0.4, -0.2) is 25.7 Å². The fourth-order valence-electron chi connectivity index (χ4n) is 2.63. The summed E-state index contributed by atoms with van der Waals surface area (Å²) < 4.78 is 25.6. The molecule has 0 fully saturated rings. The van der Waals surface area contributed by atoms with Gasteiger partial charge in [0.15, 0.2) is 0 Å². The summed E-state index contributed by atoms with van der Waals surface area (Å²) in [7, 11) is -3.26. The summed E-state index contributed by atoms with van der Waals surface area (Å²) in [5.41, 5.74) is 3.00. The first kappa shape index (κ1) is 14.8. The molecule has 1 N–H and O–H groups in total. The summed E-state index contributed by atoms with van der Waals surface area (Å²) >= 11 is 0. The molecule has 3 rings (SSSR count). The molecule has 0 amide bonds. The average molecular weight is 317 g/mol. The Bertz CT molecular complexity index is 757. The molecule has 1 aliphatic rings. The van der Waals surface area contributed by atoms with E-state index in [1.807, 2.05) is 12.1 Å². The second kappa shape index (κ2) is 5.96. The van der Waals surface area contributed by atoms with Gasteiger partial charge in [0.1, 0.15) is 5.82 Å². The van der Waals surface area contributed by atoms with E-state index in [1.54, 1.807) is 19.2 Å². The molecule has 0 saturated carbocycles. The molecule has 6 heteroatoms. The number of nitrogens with one attached hydrogen (secondary N) is 1. The van der Waals surface area contributed by atoms with E-state index in [0.29, 0.717) is 5.69 Å². The molecule has 2 aromatic rings. The van der Waals surface area contributed by atoms with Crippen molar-refractivity contribution in [2.75, 3.05) is 21.9 Å². The van der Waals surface area contributed by atoms with E-state index in [0.717, 1.165) is 25.2 Å². The lowest BCUT2D eigenvalue weighted by molar-refractivity contribution is 0.602. The first-order chi connectivity index (χ1) is 10.6. The summed E-state index contributed by atoms with van der Waals surface area (Å²) in [6.07, 6.45) is 3.74. The lowest BCUT2D eigenvalue weighted by atomic mass is 10.0. The van der Waals surface area contributed by atoms with Crippen LogP contribution in [0.1, 0.15) is 18.9 Å². The van der Waals surface area contributed by atoms with Crippen LogP contribution in [0.3, 0.4) is 0 Å². The Balaban J connectivity index is 1.85. The summed E-state index contributed by atoms with van der Waals surface area (Å²) in [6.45, 7) is 2.53. The van der Waals surface area contributed by atoms with Gasteiger partial charge in [0, 0.05) is 12.2 Å². The number of sulfonamides is 1. The highest BCUT2D eigenvalue weighted by molar-refractivity contribution is 7.92. The van der Waals surface area contributed by atoms with Crippen LogP contribution in [0.25, 0.3) is 0 Å². The third-order valence-corrected chi connectivity index (χ3v) is 5.09. The van der Waals surface area contributed by atoms with Crippen molar-refractivity contribution in [1.29, 1.82) is 0 Å². The van der Waals surface area contributed by atoms with Crippen LogP contribution < -0.4 is 9.62 Å². The molecule has 0 bridgehead atoms. The molecular weight excluding hydrogens is 298 g/mol. The molecule has 5 nitrogen and oxygen atoms in total. The summed E-state index contributed by atoms with van der Waals surface area (Å²) in [4.78, 5) is 6.60. The maximum atomic E-state index is 11.6. The fourth-order valence-corrected chi connectivity index (χ4v) is 3.25. The Hall–Kier alpha value is -2.08. The average Bonchev–Trinajstić information content (AvgIpc) is 2.55. The van der Waals surface area contributed by atoms with E-state index < -0.39 is 10.0 Å². The first-order valence-corrected chi connectivity index (χ1v) is 9.06. The maximum absolute atomic E-state index is 11.6. The van der Waals surface area contributed by atoms with E-state index in [-0.39, 0.29) is 5.75 Å². The third kappa shape index (κ3) is 3.06. The van der Waals surface area contributed by atoms with Gasteiger partial charge in [-0.25, -0.2) is 13.4 Å². The van der Waals surface area contributed by atoms with Crippen molar-refractivity contribution in [3.8, 4) is 0 Å². The van der Waals surface area contributed by atoms with E-state index >= 15 is 0 Å². The number of nitrogens with zero attached hydrogens (tertiary/aromatic N) is 2.